The monoisotopic (exact) mass is 212 g/mol. The third-order valence-electron chi connectivity index (χ3n) is 2.54. The van der Waals surface area contributed by atoms with Gasteiger partial charge in [-0.3, -0.25) is 0 Å². The molecule has 0 N–H and O–H groups in total. The van der Waals surface area contributed by atoms with Crippen LogP contribution in [0.2, 0.25) is 0 Å². The molecule has 0 unspecified atom stereocenters. The van der Waals surface area contributed by atoms with Gasteiger partial charge in [-0.05, 0) is 31.1 Å². The first-order valence-electron chi connectivity index (χ1n) is 5.74. The average molecular weight is 212 g/mol. The highest BCUT2D eigenvalue weighted by molar-refractivity contribution is 5.52. The highest BCUT2D eigenvalue weighted by atomic mass is 16.5. The van der Waals surface area contributed by atoms with Crippen molar-refractivity contribution in [3.63, 3.8) is 0 Å². The van der Waals surface area contributed by atoms with Gasteiger partial charge in [-0.1, -0.05) is 42.2 Å². The number of allylic oxidation sites excluding steroid dienone is 1. The highest BCUT2D eigenvalue weighted by Crippen LogP contribution is 2.32. The molecule has 16 heavy (non-hydrogen) atoms. The van der Waals surface area contributed by atoms with Crippen molar-refractivity contribution >= 4 is 6.08 Å². The first-order valence-corrected chi connectivity index (χ1v) is 5.74. The molecule has 1 heteroatoms. The first-order chi connectivity index (χ1) is 7.90. The van der Waals surface area contributed by atoms with Gasteiger partial charge in [0.2, 0.25) is 0 Å². The number of ether oxygens (including phenoxy) is 1. The largest absolute Gasteiger partial charge is 0.377 e. The van der Waals surface area contributed by atoms with E-state index in [-0.39, 0.29) is 0 Å². The molecule has 1 aliphatic carbocycles. The Morgan fingerprint density at radius 2 is 2.19 bits per heavy atom. The number of rotatable bonds is 3. The fourth-order valence-corrected chi connectivity index (χ4v) is 1.58. The van der Waals surface area contributed by atoms with Crippen LogP contribution in [0.4, 0.5) is 0 Å². The molecule has 2 rings (SSSR count). The molecule has 0 bridgehead atoms. The normalized spacial score (nSPS) is 22.8. The van der Waals surface area contributed by atoms with Crippen molar-refractivity contribution in [2.45, 2.75) is 19.4 Å². The van der Waals surface area contributed by atoms with E-state index >= 15 is 0 Å². The van der Waals surface area contributed by atoms with Crippen LogP contribution in [-0.4, -0.2) is 12.7 Å². The Hall–Kier alpha value is -1.52. The van der Waals surface area contributed by atoms with Crippen LogP contribution >= 0.6 is 0 Å². The van der Waals surface area contributed by atoms with Crippen molar-refractivity contribution in [1.29, 1.82) is 0 Å². The maximum Gasteiger partial charge on any atom is 0.0726 e. The van der Waals surface area contributed by atoms with Crippen molar-refractivity contribution in [3.8, 4) is 11.8 Å². The summed E-state index contributed by atoms with van der Waals surface area (Å²) in [6, 6.07) is 10.2. The Balaban J connectivity index is 1.80. The van der Waals surface area contributed by atoms with Crippen LogP contribution in [-0.2, 0) is 4.74 Å². The predicted molar refractivity (Wildman–Crippen MR) is 66.8 cm³/mol. The number of hydrogen-bond acceptors (Lipinski definition) is 1. The summed E-state index contributed by atoms with van der Waals surface area (Å²) in [7, 11) is 0. The summed E-state index contributed by atoms with van der Waals surface area (Å²) in [5.74, 6) is 6.73. The van der Waals surface area contributed by atoms with E-state index in [0.717, 1.165) is 13.0 Å². The summed E-state index contributed by atoms with van der Waals surface area (Å²) in [4.78, 5) is 0. The second-order valence-corrected chi connectivity index (χ2v) is 3.87. The summed E-state index contributed by atoms with van der Waals surface area (Å²) >= 11 is 0. The molecule has 0 radical (unpaired) electrons. The molecule has 1 nitrogen and oxygen atoms in total. The zero-order valence-corrected chi connectivity index (χ0v) is 9.52. The van der Waals surface area contributed by atoms with Gasteiger partial charge in [0.1, 0.15) is 0 Å². The van der Waals surface area contributed by atoms with Crippen molar-refractivity contribution in [2.24, 2.45) is 5.92 Å². The summed E-state index contributed by atoms with van der Waals surface area (Å²) in [6.07, 6.45) is 5.43. The molecule has 82 valence electrons. The van der Waals surface area contributed by atoms with E-state index < -0.39 is 0 Å². The molecule has 0 aliphatic heterocycles. The van der Waals surface area contributed by atoms with Crippen LogP contribution in [0.3, 0.4) is 0 Å². The Morgan fingerprint density at radius 3 is 2.94 bits per heavy atom. The Bertz CT molecular complexity index is 408. The summed E-state index contributed by atoms with van der Waals surface area (Å²) in [5.41, 5.74) is 1.19. The van der Waals surface area contributed by atoms with Gasteiger partial charge in [0.15, 0.2) is 0 Å². The first kappa shape index (κ1) is 11.0. The summed E-state index contributed by atoms with van der Waals surface area (Å²) in [5, 5.41) is 0. The third kappa shape index (κ3) is 3.25. The van der Waals surface area contributed by atoms with Gasteiger partial charge in [-0.25, -0.2) is 0 Å². The molecule has 2 atom stereocenters. The van der Waals surface area contributed by atoms with Crippen molar-refractivity contribution in [3.05, 3.63) is 42.0 Å². The second-order valence-electron chi connectivity index (χ2n) is 3.87. The van der Waals surface area contributed by atoms with Crippen LogP contribution in [0.25, 0.3) is 6.08 Å². The van der Waals surface area contributed by atoms with Gasteiger partial charge >= 0.3 is 0 Å². The average Bonchev–Trinajstić information content (AvgIpc) is 3.05. The Morgan fingerprint density at radius 1 is 1.38 bits per heavy atom. The van der Waals surface area contributed by atoms with Crippen molar-refractivity contribution < 1.29 is 4.74 Å². The molecule has 1 aromatic rings. The fourth-order valence-electron chi connectivity index (χ4n) is 1.58. The number of hydrogen-bond donors (Lipinski definition) is 0. The molecule has 0 spiro atoms. The van der Waals surface area contributed by atoms with Gasteiger partial charge in [-0.15, -0.1) is 0 Å². The topological polar surface area (TPSA) is 9.23 Å². The van der Waals surface area contributed by atoms with E-state index in [1.54, 1.807) is 0 Å². The molecule has 0 aromatic heterocycles. The Labute approximate surface area is 97.1 Å². The van der Waals surface area contributed by atoms with Gasteiger partial charge in [0.05, 0.1) is 6.10 Å². The minimum Gasteiger partial charge on any atom is -0.377 e. The van der Waals surface area contributed by atoms with Crippen LogP contribution in [0.1, 0.15) is 18.9 Å². The SMILES string of the molecule is CCO[C@@H]1C[C@H]1C#C/C=C/c1ccccc1. The highest BCUT2D eigenvalue weighted by Gasteiger charge is 2.36. The lowest BCUT2D eigenvalue weighted by molar-refractivity contribution is 0.127. The van der Waals surface area contributed by atoms with E-state index in [9.17, 15) is 0 Å². The smallest absolute Gasteiger partial charge is 0.0726 e. The third-order valence-corrected chi connectivity index (χ3v) is 2.54. The van der Waals surface area contributed by atoms with E-state index in [4.69, 9.17) is 4.74 Å². The molecular formula is C15H16O. The predicted octanol–water partition coefficient (Wildman–Crippen LogP) is 3.13. The summed E-state index contributed by atoms with van der Waals surface area (Å²) < 4.78 is 5.45. The van der Waals surface area contributed by atoms with Crippen LogP contribution in [0.15, 0.2) is 36.4 Å². The minimum atomic E-state index is 0.391. The molecule has 0 amide bonds. The van der Waals surface area contributed by atoms with E-state index in [1.165, 1.54) is 5.56 Å². The lowest BCUT2D eigenvalue weighted by atomic mass is 10.2. The van der Waals surface area contributed by atoms with Gasteiger partial charge in [-0.2, -0.15) is 0 Å². The second kappa shape index (κ2) is 5.53. The van der Waals surface area contributed by atoms with E-state index in [2.05, 4.69) is 24.0 Å². The lowest BCUT2D eigenvalue weighted by Gasteiger charge is -1.92. The van der Waals surface area contributed by atoms with E-state index in [1.807, 2.05) is 37.3 Å². The molecular weight excluding hydrogens is 196 g/mol. The zero-order valence-electron chi connectivity index (χ0n) is 9.52. The molecule has 1 saturated carbocycles. The number of benzene rings is 1. The lowest BCUT2D eigenvalue weighted by Crippen LogP contribution is -1.93. The molecule has 0 heterocycles. The van der Waals surface area contributed by atoms with Crippen LogP contribution in [0, 0.1) is 17.8 Å². The van der Waals surface area contributed by atoms with Crippen molar-refractivity contribution in [1.82, 2.24) is 0 Å². The Kier molecular flexibility index (Phi) is 3.80. The standard InChI is InChI=1S/C15H16O/c1-2-16-15-12-14(15)11-7-6-10-13-8-4-3-5-9-13/h3-6,8-10,14-15H,2,12H2,1H3/b10-6+/t14-,15-/m1/s1. The summed E-state index contributed by atoms with van der Waals surface area (Å²) in [6.45, 7) is 2.82. The van der Waals surface area contributed by atoms with Gasteiger partial charge in [0, 0.05) is 12.5 Å². The van der Waals surface area contributed by atoms with Crippen LogP contribution in [0.5, 0.6) is 0 Å². The quantitative estimate of drug-likeness (QED) is 0.699. The molecule has 0 saturated heterocycles. The molecule has 1 fully saturated rings. The molecule has 1 aliphatic rings. The maximum atomic E-state index is 5.45. The fraction of sp³-hybridized carbons (Fsp3) is 0.333. The van der Waals surface area contributed by atoms with Gasteiger partial charge < -0.3 is 4.74 Å². The maximum absolute atomic E-state index is 5.45. The van der Waals surface area contributed by atoms with E-state index in [0.29, 0.717) is 12.0 Å². The van der Waals surface area contributed by atoms with Gasteiger partial charge in [0.25, 0.3) is 0 Å². The zero-order chi connectivity index (χ0) is 11.2. The minimum absolute atomic E-state index is 0.391. The molecule has 1 aromatic carbocycles. The van der Waals surface area contributed by atoms with Crippen molar-refractivity contribution in [2.75, 3.05) is 6.61 Å². The van der Waals surface area contributed by atoms with Crippen LogP contribution < -0.4 is 0 Å².